The third-order valence-corrected chi connectivity index (χ3v) is 3.85. The average Bonchev–Trinajstić information content (AvgIpc) is 2.57. The lowest BCUT2D eigenvalue weighted by Gasteiger charge is -2.14. The van der Waals surface area contributed by atoms with Gasteiger partial charge in [0.1, 0.15) is 5.75 Å². The zero-order valence-electron chi connectivity index (χ0n) is 13.8. The summed E-state index contributed by atoms with van der Waals surface area (Å²) in [6.45, 7) is 3.85. The maximum absolute atomic E-state index is 11.9. The van der Waals surface area contributed by atoms with Gasteiger partial charge in [0, 0.05) is 6.54 Å². The molecule has 0 spiro atoms. The highest BCUT2D eigenvalue weighted by Crippen LogP contribution is 2.17. The van der Waals surface area contributed by atoms with Gasteiger partial charge in [-0.05, 0) is 42.7 Å². The number of ether oxygens (including phenoxy) is 1. The smallest absolute Gasteiger partial charge is 0.312 e. The first-order valence-corrected chi connectivity index (χ1v) is 7.72. The van der Waals surface area contributed by atoms with Crippen LogP contribution in [-0.4, -0.2) is 30.1 Å². The summed E-state index contributed by atoms with van der Waals surface area (Å²) in [5.41, 5.74) is 2.89. The van der Waals surface area contributed by atoms with Gasteiger partial charge in [-0.3, -0.25) is 9.59 Å². The number of amides is 1. The highest BCUT2D eigenvalue weighted by molar-refractivity contribution is 5.80. The van der Waals surface area contributed by atoms with E-state index in [9.17, 15) is 14.7 Å². The molecule has 24 heavy (non-hydrogen) atoms. The Hall–Kier alpha value is -2.82. The summed E-state index contributed by atoms with van der Waals surface area (Å²) < 4.78 is 5.44. The van der Waals surface area contributed by atoms with Crippen molar-refractivity contribution in [2.45, 2.75) is 19.8 Å². The van der Waals surface area contributed by atoms with Gasteiger partial charge in [-0.1, -0.05) is 36.4 Å². The standard InChI is InChI=1S/C19H21NO4/c1-13-8-9-16(10-14(13)2)24-12-18(21)20-11-17(19(22)23)15-6-4-3-5-7-15/h3-10,17H,11-12H2,1-2H3,(H,20,21)(H,22,23). The summed E-state index contributed by atoms with van der Waals surface area (Å²) in [4.78, 5) is 23.3. The van der Waals surface area contributed by atoms with Crippen LogP contribution in [0.2, 0.25) is 0 Å². The molecule has 0 fully saturated rings. The molecule has 2 aromatic rings. The van der Waals surface area contributed by atoms with Crippen LogP contribution in [-0.2, 0) is 9.59 Å². The SMILES string of the molecule is Cc1ccc(OCC(=O)NCC(C(=O)O)c2ccccc2)cc1C. The number of hydrogen-bond acceptors (Lipinski definition) is 3. The molecule has 0 bridgehead atoms. The van der Waals surface area contributed by atoms with E-state index in [1.54, 1.807) is 30.3 Å². The lowest BCUT2D eigenvalue weighted by atomic mass is 9.99. The molecule has 2 rings (SSSR count). The van der Waals surface area contributed by atoms with Crippen LogP contribution in [0.1, 0.15) is 22.6 Å². The van der Waals surface area contributed by atoms with Gasteiger partial charge in [0.15, 0.2) is 6.61 Å². The number of aliphatic carboxylic acids is 1. The zero-order valence-corrected chi connectivity index (χ0v) is 13.8. The summed E-state index contributed by atoms with van der Waals surface area (Å²) >= 11 is 0. The first-order chi connectivity index (χ1) is 11.5. The van der Waals surface area contributed by atoms with Crippen molar-refractivity contribution in [3.05, 3.63) is 65.2 Å². The van der Waals surface area contributed by atoms with Gasteiger partial charge in [0.05, 0.1) is 5.92 Å². The second kappa shape index (κ2) is 8.15. The highest BCUT2D eigenvalue weighted by atomic mass is 16.5. The van der Waals surface area contributed by atoms with Gasteiger partial charge >= 0.3 is 5.97 Å². The van der Waals surface area contributed by atoms with Crippen molar-refractivity contribution < 1.29 is 19.4 Å². The quantitative estimate of drug-likeness (QED) is 0.820. The molecule has 1 amide bonds. The second-order valence-electron chi connectivity index (χ2n) is 5.64. The molecule has 2 aromatic carbocycles. The minimum Gasteiger partial charge on any atom is -0.484 e. The molecule has 0 aliphatic carbocycles. The van der Waals surface area contributed by atoms with Crippen LogP contribution in [0, 0.1) is 13.8 Å². The van der Waals surface area contributed by atoms with Crippen LogP contribution >= 0.6 is 0 Å². The van der Waals surface area contributed by atoms with Crippen LogP contribution in [0.5, 0.6) is 5.75 Å². The van der Waals surface area contributed by atoms with Gasteiger partial charge < -0.3 is 15.2 Å². The molecule has 5 heteroatoms. The Morgan fingerprint density at radius 1 is 1.08 bits per heavy atom. The number of aryl methyl sites for hydroxylation is 2. The molecule has 0 aliphatic rings. The Morgan fingerprint density at radius 2 is 1.79 bits per heavy atom. The van der Waals surface area contributed by atoms with Crippen LogP contribution in [0.4, 0.5) is 0 Å². The van der Waals surface area contributed by atoms with E-state index in [0.717, 1.165) is 11.1 Å². The van der Waals surface area contributed by atoms with E-state index in [2.05, 4.69) is 5.32 Å². The first-order valence-electron chi connectivity index (χ1n) is 7.72. The normalized spacial score (nSPS) is 11.6. The number of carboxylic acid groups (broad SMARTS) is 1. The third-order valence-electron chi connectivity index (χ3n) is 3.85. The minimum absolute atomic E-state index is 0.0223. The van der Waals surface area contributed by atoms with Crippen molar-refractivity contribution in [3.63, 3.8) is 0 Å². The number of carbonyl (C=O) groups is 2. The van der Waals surface area contributed by atoms with E-state index < -0.39 is 11.9 Å². The molecule has 2 N–H and O–H groups in total. The van der Waals surface area contributed by atoms with Gasteiger partial charge in [0.25, 0.3) is 5.91 Å². The summed E-state index contributed by atoms with van der Waals surface area (Å²) in [7, 11) is 0. The Balaban J connectivity index is 1.87. The molecule has 0 aliphatic heterocycles. The molecule has 0 radical (unpaired) electrons. The first kappa shape index (κ1) is 17.5. The highest BCUT2D eigenvalue weighted by Gasteiger charge is 2.20. The van der Waals surface area contributed by atoms with Gasteiger partial charge in [-0.2, -0.15) is 0 Å². The van der Waals surface area contributed by atoms with E-state index in [1.807, 2.05) is 32.0 Å². The fourth-order valence-electron chi connectivity index (χ4n) is 2.25. The van der Waals surface area contributed by atoms with Gasteiger partial charge in [0.2, 0.25) is 0 Å². The largest absolute Gasteiger partial charge is 0.484 e. The van der Waals surface area contributed by atoms with Crippen molar-refractivity contribution >= 4 is 11.9 Å². The monoisotopic (exact) mass is 327 g/mol. The number of hydrogen-bond donors (Lipinski definition) is 2. The topological polar surface area (TPSA) is 75.6 Å². The van der Waals surface area contributed by atoms with Crippen molar-refractivity contribution in [2.24, 2.45) is 0 Å². The second-order valence-corrected chi connectivity index (χ2v) is 5.64. The van der Waals surface area contributed by atoms with Crippen LogP contribution in [0.3, 0.4) is 0 Å². The Morgan fingerprint density at radius 3 is 2.42 bits per heavy atom. The molecule has 0 saturated carbocycles. The lowest BCUT2D eigenvalue weighted by Crippen LogP contribution is -2.34. The number of carbonyl (C=O) groups excluding carboxylic acids is 1. The van der Waals surface area contributed by atoms with Crippen molar-refractivity contribution in [2.75, 3.05) is 13.2 Å². The Labute approximate surface area is 141 Å². The fourth-order valence-corrected chi connectivity index (χ4v) is 2.25. The lowest BCUT2D eigenvalue weighted by molar-refractivity contribution is -0.138. The van der Waals surface area contributed by atoms with E-state index in [4.69, 9.17) is 4.74 Å². The summed E-state index contributed by atoms with van der Waals surface area (Å²) in [5.74, 6) is -1.49. The maximum atomic E-state index is 11.9. The van der Waals surface area contributed by atoms with Gasteiger partial charge in [-0.25, -0.2) is 0 Å². The van der Waals surface area contributed by atoms with Crippen molar-refractivity contribution in [1.82, 2.24) is 5.32 Å². The molecule has 1 atom stereocenters. The zero-order chi connectivity index (χ0) is 17.5. The van der Waals surface area contributed by atoms with Crippen LogP contribution in [0.15, 0.2) is 48.5 Å². The molecule has 0 aromatic heterocycles. The maximum Gasteiger partial charge on any atom is 0.312 e. The predicted octanol–water partition coefficient (Wildman–Crippen LogP) is 2.67. The van der Waals surface area contributed by atoms with E-state index >= 15 is 0 Å². The van der Waals surface area contributed by atoms with E-state index in [-0.39, 0.29) is 19.1 Å². The minimum atomic E-state index is -0.975. The predicted molar refractivity (Wildman–Crippen MR) is 91.2 cm³/mol. The van der Waals surface area contributed by atoms with Crippen LogP contribution < -0.4 is 10.1 Å². The third kappa shape index (κ3) is 4.84. The Bertz CT molecular complexity index is 713. The number of nitrogens with one attached hydrogen (secondary N) is 1. The molecule has 126 valence electrons. The van der Waals surface area contributed by atoms with Gasteiger partial charge in [-0.15, -0.1) is 0 Å². The summed E-state index contributed by atoms with van der Waals surface area (Å²) in [6.07, 6.45) is 0. The number of rotatable bonds is 7. The molecule has 5 nitrogen and oxygen atoms in total. The Kier molecular flexibility index (Phi) is 5.95. The number of carboxylic acids is 1. The van der Waals surface area contributed by atoms with Crippen LogP contribution in [0.25, 0.3) is 0 Å². The molecule has 1 unspecified atom stereocenters. The average molecular weight is 327 g/mol. The molecular weight excluding hydrogens is 306 g/mol. The van der Waals surface area contributed by atoms with E-state index in [0.29, 0.717) is 11.3 Å². The fraction of sp³-hybridized carbons (Fsp3) is 0.263. The van der Waals surface area contributed by atoms with Crippen molar-refractivity contribution in [1.29, 1.82) is 0 Å². The molecule has 0 heterocycles. The molecule has 0 saturated heterocycles. The summed E-state index contributed by atoms with van der Waals surface area (Å²) in [5, 5.41) is 11.9. The molecular formula is C19H21NO4. The summed E-state index contributed by atoms with van der Waals surface area (Å²) in [6, 6.07) is 14.4. The number of benzene rings is 2. The van der Waals surface area contributed by atoms with Crippen molar-refractivity contribution in [3.8, 4) is 5.75 Å². The van der Waals surface area contributed by atoms with E-state index in [1.165, 1.54) is 0 Å².